The Morgan fingerprint density at radius 3 is 2.71 bits per heavy atom. The summed E-state index contributed by atoms with van der Waals surface area (Å²) >= 11 is 0. The Labute approximate surface area is 203 Å². The molecule has 1 aliphatic heterocycles. The number of nitrogens with one attached hydrogen (secondary N) is 1. The van der Waals surface area contributed by atoms with Crippen LogP contribution in [0.25, 0.3) is 0 Å². The van der Waals surface area contributed by atoms with Gasteiger partial charge in [0, 0.05) is 43.1 Å². The van der Waals surface area contributed by atoms with Gasteiger partial charge in [-0.15, -0.1) is 0 Å². The highest BCUT2D eigenvalue weighted by molar-refractivity contribution is 5.98. The molecule has 8 nitrogen and oxygen atoms in total. The first-order valence-corrected chi connectivity index (χ1v) is 11.8. The number of rotatable bonds is 7. The van der Waals surface area contributed by atoms with Crippen LogP contribution < -0.4 is 10.1 Å². The number of methoxy groups -OCH3 is 1. The molecule has 2 amide bonds. The third kappa shape index (κ3) is 4.99. The van der Waals surface area contributed by atoms with Gasteiger partial charge in [-0.2, -0.15) is 0 Å². The van der Waals surface area contributed by atoms with Gasteiger partial charge in [0.05, 0.1) is 12.8 Å². The molecular formula is C26H30FN3O5. The van der Waals surface area contributed by atoms with Gasteiger partial charge < -0.3 is 20.1 Å². The Balaban J connectivity index is 1.63. The summed E-state index contributed by atoms with van der Waals surface area (Å²) in [4.78, 5) is 43.3. The Hall–Kier alpha value is -3.49. The number of carbonyl (C=O) groups excluding carboxylic acids is 2. The maximum atomic E-state index is 15.0. The number of ether oxygens (including phenoxy) is 1. The first kappa shape index (κ1) is 24.6. The second-order valence-corrected chi connectivity index (χ2v) is 9.74. The van der Waals surface area contributed by atoms with Crippen molar-refractivity contribution in [3.05, 3.63) is 52.5 Å². The van der Waals surface area contributed by atoms with Gasteiger partial charge in [0.15, 0.2) is 0 Å². The van der Waals surface area contributed by atoms with Crippen molar-refractivity contribution in [1.29, 1.82) is 0 Å². The highest BCUT2D eigenvalue weighted by atomic mass is 19.1. The largest absolute Gasteiger partial charge is 0.481 e. The summed E-state index contributed by atoms with van der Waals surface area (Å²) in [6, 6.07) is 5.52. The number of aryl methyl sites for hydroxylation is 1. The van der Waals surface area contributed by atoms with Crippen LogP contribution >= 0.6 is 0 Å². The Kier molecular flexibility index (Phi) is 6.78. The van der Waals surface area contributed by atoms with Gasteiger partial charge in [0.1, 0.15) is 11.9 Å². The first-order chi connectivity index (χ1) is 16.6. The molecule has 0 fully saturated rings. The van der Waals surface area contributed by atoms with Crippen molar-refractivity contribution in [2.75, 3.05) is 19.0 Å². The van der Waals surface area contributed by atoms with Gasteiger partial charge in [-0.1, -0.05) is 13.8 Å². The lowest BCUT2D eigenvalue weighted by Crippen LogP contribution is -2.45. The van der Waals surface area contributed by atoms with E-state index in [0.29, 0.717) is 34.8 Å². The summed E-state index contributed by atoms with van der Waals surface area (Å²) in [6.45, 7) is 4.27. The summed E-state index contributed by atoms with van der Waals surface area (Å²) < 4.78 is 20.2. The standard InChI is InChI=1S/C26H30FN3O5/c1-26(2)11-9-15-13-16(14-18(27)23(15)26)28-25(34)24-17-7-8-20(35-3)29-19(17)10-12-30(24)21(31)5-4-6-22(32)33/h7-8,13-14,24H,4-6,9-12H2,1-3H3,(H,28,34)(H,32,33)/t24-/m1/s1. The minimum Gasteiger partial charge on any atom is -0.481 e. The molecule has 0 unspecified atom stereocenters. The van der Waals surface area contributed by atoms with Crippen LogP contribution in [0.15, 0.2) is 24.3 Å². The molecule has 0 spiro atoms. The number of fused-ring (bicyclic) bond motifs is 2. The van der Waals surface area contributed by atoms with Crippen LogP contribution in [-0.4, -0.2) is 46.4 Å². The molecule has 2 N–H and O–H groups in total. The smallest absolute Gasteiger partial charge is 0.303 e. The van der Waals surface area contributed by atoms with E-state index in [1.165, 1.54) is 18.1 Å². The number of carbonyl (C=O) groups is 3. The summed E-state index contributed by atoms with van der Waals surface area (Å²) in [5.74, 6) is -1.70. The number of aromatic nitrogens is 1. The maximum Gasteiger partial charge on any atom is 0.303 e. The van der Waals surface area contributed by atoms with Crippen molar-refractivity contribution in [1.82, 2.24) is 9.88 Å². The van der Waals surface area contributed by atoms with Crippen LogP contribution in [0, 0.1) is 5.82 Å². The molecule has 1 aliphatic carbocycles. The molecule has 1 aromatic carbocycles. The van der Waals surface area contributed by atoms with Crippen LogP contribution in [-0.2, 0) is 32.6 Å². The SMILES string of the molecule is COc1ccc2c(n1)CCN(C(=O)CCCC(=O)O)[C@H]2C(=O)Nc1cc(F)c2c(c1)CCC2(C)C. The maximum absolute atomic E-state index is 15.0. The van der Waals surface area contributed by atoms with Crippen LogP contribution in [0.2, 0.25) is 0 Å². The molecule has 9 heteroatoms. The van der Waals surface area contributed by atoms with Gasteiger partial charge in [-0.25, -0.2) is 9.37 Å². The second-order valence-electron chi connectivity index (χ2n) is 9.74. The van der Waals surface area contributed by atoms with Gasteiger partial charge in [0.25, 0.3) is 5.91 Å². The predicted octanol–water partition coefficient (Wildman–Crippen LogP) is 3.77. The number of carboxylic acid groups (broad SMARTS) is 1. The number of aliphatic carboxylic acids is 1. The normalized spacial score (nSPS) is 17.9. The fourth-order valence-electron chi connectivity index (χ4n) is 5.14. The molecule has 2 aliphatic rings. The molecule has 0 radical (unpaired) electrons. The zero-order valence-electron chi connectivity index (χ0n) is 20.2. The quantitative estimate of drug-likeness (QED) is 0.621. The minimum atomic E-state index is -0.978. The number of hydrogen-bond acceptors (Lipinski definition) is 5. The Bertz CT molecular complexity index is 1180. The molecular weight excluding hydrogens is 453 g/mol. The number of benzene rings is 1. The zero-order chi connectivity index (χ0) is 25.3. The highest BCUT2D eigenvalue weighted by Crippen LogP contribution is 2.41. The average molecular weight is 484 g/mol. The number of hydrogen-bond donors (Lipinski definition) is 2. The van der Waals surface area contributed by atoms with Crippen LogP contribution in [0.4, 0.5) is 10.1 Å². The average Bonchev–Trinajstić information content (AvgIpc) is 3.12. The van der Waals surface area contributed by atoms with Gasteiger partial charge in [0.2, 0.25) is 11.8 Å². The number of nitrogens with zero attached hydrogens (tertiary/aromatic N) is 2. The van der Waals surface area contributed by atoms with E-state index in [-0.39, 0.29) is 42.9 Å². The van der Waals surface area contributed by atoms with E-state index in [9.17, 15) is 18.8 Å². The lowest BCUT2D eigenvalue weighted by Gasteiger charge is -2.36. The lowest BCUT2D eigenvalue weighted by atomic mass is 9.86. The number of amides is 2. The molecule has 1 atom stereocenters. The van der Waals surface area contributed by atoms with E-state index in [2.05, 4.69) is 10.3 Å². The van der Waals surface area contributed by atoms with E-state index in [0.717, 1.165) is 18.4 Å². The lowest BCUT2D eigenvalue weighted by molar-refractivity contribution is -0.140. The van der Waals surface area contributed by atoms with Crippen LogP contribution in [0.5, 0.6) is 5.88 Å². The van der Waals surface area contributed by atoms with Gasteiger partial charge >= 0.3 is 5.97 Å². The van der Waals surface area contributed by atoms with Crippen molar-refractivity contribution in [2.24, 2.45) is 0 Å². The Morgan fingerprint density at radius 2 is 2.00 bits per heavy atom. The van der Waals surface area contributed by atoms with E-state index in [1.807, 2.05) is 13.8 Å². The van der Waals surface area contributed by atoms with Crippen molar-refractivity contribution in [3.8, 4) is 5.88 Å². The summed E-state index contributed by atoms with van der Waals surface area (Å²) in [5, 5.41) is 11.7. The number of anilines is 1. The minimum absolute atomic E-state index is 0.0115. The van der Waals surface area contributed by atoms with Crippen molar-refractivity contribution in [3.63, 3.8) is 0 Å². The molecule has 35 heavy (non-hydrogen) atoms. The Morgan fingerprint density at radius 1 is 1.23 bits per heavy atom. The van der Waals surface area contributed by atoms with Gasteiger partial charge in [-0.3, -0.25) is 14.4 Å². The molecule has 2 heterocycles. The monoisotopic (exact) mass is 483 g/mol. The molecule has 2 aromatic rings. The van der Waals surface area contributed by atoms with Crippen molar-refractivity contribution < 1.29 is 28.6 Å². The van der Waals surface area contributed by atoms with E-state index >= 15 is 0 Å². The van der Waals surface area contributed by atoms with Crippen molar-refractivity contribution >= 4 is 23.5 Å². The summed E-state index contributed by atoms with van der Waals surface area (Å²) in [6.07, 6.45) is 2.06. The fraction of sp³-hybridized carbons (Fsp3) is 0.462. The number of carboxylic acids is 1. The van der Waals surface area contributed by atoms with E-state index < -0.39 is 17.9 Å². The molecule has 0 saturated carbocycles. The zero-order valence-corrected chi connectivity index (χ0v) is 20.2. The van der Waals surface area contributed by atoms with Crippen LogP contribution in [0.1, 0.15) is 68.0 Å². The summed E-state index contributed by atoms with van der Waals surface area (Å²) in [7, 11) is 1.50. The molecule has 186 valence electrons. The molecule has 0 saturated heterocycles. The van der Waals surface area contributed by atoms with Gasteiger partial charge in [-0.05, 0) is 54.0 Å². The predicted molar refractivity (Wildman–Crippen MR) is 127 cm³/mol. The highest BCUT2D eigenvalue weighted by Gasteiger charge is 2.38. The van der Waals surface area contributed by atoms with Crippen LogP contribution in [0.3, 0.4) is 0 Å². The third-order valence-corrected chi connectivity index (χ3v) is 6.87. The number of pyridine rings is 1. The van der Waals surface area contributed by atoms with E-state index in [4.69, 9.17) is 9.84 Å². The molecule has 1 aromatic heterocycles. The van der Waals surface area contributed by atoms with Crippen molar-refractivity contribution in [2.45, 2.75) is 63.8 Å². The molecule has 4 rings (SSSR count). The number of halogens is 1. The van der Waals surface area contributed by atoms with E-state index in [1.54, 1.807) is 18.2 Å². The third-order valence-electron chi connectivity index (χ3n) is 6.87. The fourth-order valence-corrected chi connectivity index (χ4v) is 5.14. The molecule has 0 bridgehead atoms. The topological polar surface area (TPSA) is 109 Å². The second kappa shape index (κ2) is 9.64. The first-order valence-electron chi connectivity index (χ1n) is 11.8. The summed E-state index contributed by atoms with van der Waals surface area (Å²) in [5.41, 5.74) is 2.88.